The summed E-state index contributed by atoms with van der Waals surface area (Å²) in [6, 6.07) is 14.8. The molecule has 130 valence electrons. The standard InChI is InChI=1S/C20H22N2O3/c1-4-22-14-13-21-19(22)20(23,15-5-9-17(24-2)10-6-15)16-7-11-18(25-3)12-8-16/h5-14,23H,4H2,1-3H3. The molecule has 1 N–H and O–H groups in total. The van der Waals surface area contributed by atoms with E-state index in [0.29, 0.717) is 12.4 Å². The smallest absolute Gasteiger partial charge is 0.173 e. The second-order valence-corrected chi connectivity index (χ2v) is 5.70. The van der Waals surface area contributed by atoms with Crippen LogP contribution in [0.4, 0.5) is 0 Å². The first-order valence-electron chi connectivity index (χ1n) is 8.16. The van der Waals surface area contributed by atoms with E-state index in [9.17, 15) is 5.11 Å². The van der Waals surface area contributed by atoms with Crippen LogP contribution in [-0.2, 0) is 12.1 Å². The first-order valence-corrected chi connectivity index (χ1v) is 8.16. The molecule has 0 bridgehead atoms. The molecule has 0 amide bonds. The molecular formula is C20H22N2O3. The summed E-state index contributed by atoms with van der Waals surface area (Å²) < 4.78 is 12.4. The van der Waals surface area contributed by atoms with Crippen molar-refractivity contribution in [3.63, 3.8) is 0 Å². The topological polar surface area (TPSA) is 56.5 Å². The normalized spacial score (nSPS) is 11.4. The number of hydrogen-bond acceptors (Lipinski definition) is 4. The van der Waals surface area contributed by atoms with Crippen LogP contribution in [0.15, 0.2) is 60.9 Å². The third-order valence-electron chi connectivity index (χ3n) is 4.40. The molecular weight excluding hydrogens is 316 g/mol. The van der Waals surface area contributed by atoms with Crippen LogP contribution in [-0.4, -0.2) is 28.9 Å². The van der Waals surface area contributed by atoms with Crippen molar-refractivity contribution in [1.29, 1.82) is 0 Å². The van der Waals surface area contributed by atoms with Gasteiger partial charge in [-0.15, -0.1) is 0 Å². The third kappa shape index (κ3) is 2.98. The fourth-order valence-corrected chi connectivity index (χ4v) is 2.97. The summed E-state index contributed by atoms with van der Waals surface area (Å²) in [6.07, 6.45) is 3.57. The molecule has 1 heterocycles. The average Bonchev–Trinajstić information content (AvgIpc) is 3.17. The van der Waals surface area contributed by atoms with Crippen LogP contribution in [0.25, 0.3) is 0 Å². The van der Waals surface area contributed by atoms with E-state index in [1.54, 1.807) is 20.4 Å². The SMILES string of the molecule is CCn1ccnc1C(O)(c1ccc(OC)cc1)c1ccc(OC)cc1. The number of rotatable bonds is 6. The van der Waals surface area contributed by atoms with Gasteiger partial charge in [-0.25, -0.2) is 4.98 Å². The van der Waals surface area contributed by atoms with Crippen molar-refractivity contribution < 1.29 is 14.6 Å². The summed E-state index contributed by atoms with van der Waals surface area (Å²) in [7, 11) is 3.24. The van der Waals surface area contributed by atoms with Gasteiger partial charge >= 0.3 is 0 Å². The Bertz CT molecular complexity index is 775. The number of ether oxygens (including phenoxy) is 2. The van der Waals surface area contributed by atoms with Crippen molar-refractivity contribution in [1.82, 2.24) is 9.55 Å². The van der Waals surface area contributed by atoms with Crippen molar-refractivity contribution >= 4 is 0 Å². The maximum atomic E-state index is 11.8. The summed E-state index contributed by atoms with van der Waals surface area (Å²) in [6.45, 7) is 2.73. The van der Waals surface area contributed by atoms with E-state index >= 15 is 0 Å². The molecule has 0 radical (unpaired) electrons. The van der Waals surface area contributed by atoms with Gasteiger partial charge < -0.3 is 19.1 Å². The van der Waals surface area contributed by atoms with Gasteiger partial charge in [-0.3, -0.25) is 0 Å². The molecule has 0 saturated carbocycles. The Morgan fingerprint density at radius 3 is 1.80 bits per heavy atom. The van der Waals surface area contributed by atoms with Gasteiger partial charge in [0.25, 0.3) is 0 Å². The summed E-state index contributed by atoms with van der Waals surface area (Å²) in [5, 5.41) is 11.8. The lowest BCUT2D eigenvalue weighted by molar-refractivity contribution is 0.111. The molecule has 0 aliphatic heterocycles. The lowest BCUT2D eigenvalue weighted by atomic mass is 9.85. The number of aliphatic hydroxyl groups is 1. The molecule has 0 saturated heterocycles. The Balaban J connectivity index is 2.19. The number of aryl methyl sites for hydroxylation is 1. The van der Waals surface area contributed by atoms with Gasteiger partial charge in [0, 0.05) is 18.9 Å². The Kier molecular flexibility index (Phi) is 4.76. The minimum absolute atomic E-state index is 0.574. The van der Waals surface area contributed by atoms with Gasteiger partial charge in [-0.2, -0.15) is 0 Å². The van der Waals surface area contributed by atoms with E-state index in [2.05, 4.69) is 4.98 Å². The monoisotopic (exact) mass is 338 g/mol. The highest BCUT2D eigenvalue weighted by Gasteiger charge is 2.37. The average molecular weight is 338 g/mol. The number of nitrogens with zero attached hydrogens (tertiary/aromatic N) is 2. The number of methoxy groups -OCH3 is 2. The summed E-state index contributed by atoms with van der Waals surface area (Å²) in [4.78, 5) is 4.45. The van der Waals surface area contributed by atoms with Crippen LogP contribution in [0.1, 0.15) is 23.9 Å². The molecule has 3 rings (SSSR count). The quantitative estimate of drug-likeness (QED) is 0.750. The lowest BCUT2D eigenvalue weighted by Crippen LogP contribution is -2.32. The third-order valence-corrected chi connectivity index (χ3v) is 4.40. The zero-order valence-corrected chi connectivity index (χ0v) is 14.6. The van der Waals surface area contributed by atoms with Crippen LogP contribution in [0, 0.1) is 0 Å². The van der Waals surface area contributed by atoms with Gasteiger partial charge in [0.2, 0.25) is 0 Å². The minimum Gasteiger partial charge on any atom is -0.497 e. The fourth-order valence-electron chi connectivity index (χ4n) is 2.97. The number of imidazole rings is 1. The molecule has 5 heteroatoms. The Morgan fingerprint density at radius 2 is 1.40 bits per heavy atom. The van der Waals surface area contributed by atoms with Crippen LogP contribution in [0.5, 0.6) is 11.5 Å². The van der Waals surface area contributed by atoms with Crippen molar-refractivity contribution in [3.8, 4) is 11.5 Å². The molecule has 3 aromatic rings. The van der Waals surface area contributed by atoms with Gasteiger partial charge in [-0.1, -0.05) is 24.3 Å². The van der Waals surface area contributed by atoms with E-state index in [1.165, 1.54) is 0 Å². The highest BCUT2D eigenvalue weighted by molar-refractivity contribution is 5.46. The largest absolute Gasteiger partial charge is 0.497 e. The second-order valence-electron chi connectivity index (χ2n) is 5.70. The second kappa shape index (κ2) is 6.99. The van der Waals surface area contributed by atoms with Gasteiger partial charge in [-0.05, 0) is 42.3 Å². The molecule has 0 aliphatic carbocycles. The maximum Gasteiger partial charge on any atom is 0.173 e. The zero-order valence-electron chi connectivity index (χ0n) is 14.6. The minimum atomic E-state index is -1.38. The van der Waals surface area contributed by atoms with E-state index in [4.69, 9.17) is 9.47 Å². The summed E-state index contributed by atoms with van der Waals surface area (Å²) in [5.74, 6) is 2.05. The number of aromatic nitrogens is 2. The van der Waals surface area contributed by atoms with E-state index in [-0.39, 0.29) is 0 Å². The molecule has 2 aromatic carbocycles. The molecule has 1 aromatic heterocycles. The molecule has 0 unspecified atom stereocenters. The van der Waals surface area contributed by atoms with E-state index in [1.807, 2.05) is 66.2 Å². The van der Waals surface area contributed by atoms with E-state index < -0.39 is 5.60 Å². The number of hydrogen-bond donors (Lipinski definition) is 1. The van der Waals surface area contributed by atoms with Crippen LogP contribution < -0.4 is 9.47 Å². The Labute approximate surface area is 147 Å². The zero-order chi connectivity index (χ0) is 17.9. The van der Waals surface area contributed by atoms with Gasteiger partial charge in [0.05, 0.1) is 14.2 Å². The molecule has 0 spiro atoms. The molecule has 5 nitrogen and oxygen atoms in total. The van der Waals surface area contributed by atoms with Crippen molar-refractivity contribution in [2.75, 3.05) is 14.2 Å². The van der Waals surface area contributed by atoms with Gasteiger partial charge in [0.15, 0.2) is 5.60 Å². The maximum absolute atomic E-state index is 11.8. The first kappa shape index (κ1) is 17.0. The van der Waals surface area contributed by atoms with Crippen LogP contribution in [0.3, 0.4) is 0 Å². The van der Waals surface area contributed by atoms with E-state index in [0.717, 1.165) is 22.6 Å². The molecule has 0 fully saturated rings. The predicted molar refractivity (Wildman–Crippen MR) is 96.0 cm³/mol. The predicted octanol–water partition coefficient (Wildman–Crippen LogP) is 3.20. The molecule has 0 atom stereocenters. The van der Waals surface area contributed by atoms with Crippen LogP contribution in [0.2, 0.25) is 0 Å². The Hall–Kier alpha value is -2.79. The van der Waals surface area contributed by atoms with Crippen molar-refractivity contribution in [3.05, 3.63) is 77.9 Å². The molecule has 25 heavy (non-hydrogen) atoms. The first-order chi connectivity index (χ1) is 12.1. The van der Waals surface area contributed by atoms with Crippen molar-refractivity contribution in [2.24, 2.45) is 0 Å². The highest BCUT2D eigenvalue weighted by Crippen LogP contribution is 2.37. The lowest BCUT2D eigenvalue weighted by Gasteiger charge is -2.29. The van der Waals surface area contributed by atoms with Gasteiger partial charge in [0.1, 0.15) is 17.3 Å². The summed E-state index contributed by atoms with van der Waals surface area (Å²) >= 11 is 0. The van der Waals surface area contributed by atoms with Crippen LogP contribution >= 0.6 is 0 Å². The highest BCUT2D eigenvalue weighted by atomic mass is 16.5. The Morgan fingerprint density at radius 1 is 0.920 bits per heavy atom. The van der Waals surface area contributed by atoms with Crippen molar-refractivity contribution in [2.45, 2.75) is 19.1 Å². The summed E-state index contributed by atoms with van der Waals surface area (Å²) in [5.41, 5.74) is 0.0663. The molecule has 0 aliphatic rings. The fraction of sp³-hybridized carbons (Fsp3) is 0.250. The number of benzene rings is 2.